The second-order valence-corrected chi connectivity index (χ2v) is 9.22. The highest BCUT2D eigenvalue weighted by atomic mass is 16.5. The van der Waals surface area contributed by atoms with Crippen molar-refractivity contribution in [2.75, 3.05) is 24.9 Å². The number of anilines is 4. The zero-order valence-electron chi connectivity index (χ0n) is 22.3. The third-order valence-electron chi connectivity index (χ3n) is 6.10. The summed E-state index contributed by atoms with van der Waals surface area (Å²) in [5.74, 6) is 2.87. The minimum atomic E-state index is -0.551. The number of fused-ring (bicyclic) bond motifs is 1. The Balaban J connectivity index is 1.52. The van der Waals surface area contributed by atoms with Gasteiger partial charge >= 0.3 is 0 Å². The fourth-order valence-corrected chi connectivity index (χ4v) is 4.20. The molecule has 38 heavy (non-hydrogen) atoms. The molecule has 0 aliphatic heterocycles. The number of nitrogens with zero attached hydrogens (tertiary/aromatic N) is 8. The standard InChI is InChI=1S/C25H29N11O2/c1-13-22(25(3,4)38-7)26-12-19(27-13)31-18-11-17(20-24(32-18)29-14(2)28-20)30-16-10-8-9-15(21(16)37-6)23-33-35-36(5)34-23/h8-12H,1-7H3,(H3,27,28,29,30,31,32). The van der Waals surface area contributed by atoms with Gasteiger partial charge < -0.3 is 25.1 Å². The normalized spacial score (nSPS) is 11.7. The first kappa shape index (κ1) is 25.0. The number of hydrogen-bond acceptors (Lipinski definition) is 11. The molecule has 0 atom stereocenters. The van der Waals surface area contributed by atoms with Gasteiger partial charge in [-0.25, -0.2) is 15.0 Å². The molecule has 0 amide bonds. The van der Waals surface area contributed by atoms with Crippen LogP contribution in [-0.4, -0.2) is 59.3 Å². The number of tetrazole rings is 1. The molecule has 13 heteroatoms. The predicted octanol–water partition coefficient (Wildman–Crippen LogP) is 3.93. The van der Waals surface area contributed by atoms with Crippen LogP contribution in [0.4, 0.5) is 23.0 Å². The van der Waals surface area contributed by atoms with Crippen LogP contribution in [0.25, 0.3) is 22.6 Å². The molecular formula is C25H29N11O2. The van der Waals surface area contributed by atoms with E-state index in [-0.39, 0.29) is 0 Å². The lowest BCUT2D eigenvalue weighted by Gasteiger charge is -2.23. The second kappa shape index (κ2) is 9.67. The van der Waals surface area contributed by atoms with Crippen molar-refractivity contribution in [3.8, 4) is 17.1 Å². The topological polar surface area (TPSA) is 153 Å². The maximum atomic E-state index is 5.75. The molecule has 13 nitrogen and oxygen atoms in total. The monoisotopic (exact) mass is 515 g/mol. The number of imidazole rings is 1. The van der Waals surface area contributed by atoms with E-state index in [2.05, 4.69) is 51.0 Å². The van der Waals surface area contributed by atoms with E-state index in [0.717, 1.165) is 28.4 Å². The number of nitrogens with one attached hydrogen (secondary N) is 3. The summed E-state index contributed by atoms with van der Waals surface area (Å²) >= 11 is 0. The molecule has 4 heterocycles. The van der Waals surface area contributed by atoms with Gasteiger partial charge in [-0.2, -0.15) is 4.80 Å². The van der Waals surface area contributed by atoms with E-state index in [4.69, 9.17) is 9.47 Å². The molecule has 0 radical (unpaired) electrons. The number of aromatic nitrogens is 9. The number of para-hydroxylation sites is 1. The number of hydrogen-bond donors (Lipinski definition) is 3. The first-order chi connectivity index (χ1) is 18.2. The lowest BCUT2D eigenvalue weighted by molar-refractivity contribution is 0.0146. The number of pyridine rings is 1. The van der Waals surface area contributed by atoms with E-state index in [0.29, 0.717) is 40.1 Å². The van der Waals surface area contributed by atoms with Crippen LogP contribution in [-0.2, 0) is 17.4 Å². The third-order valence-corrected chi connectivity index (χ3v) is 6.10. The maximum Gasteiger partial charge on any atom is 0.208 e. The SMILES string of the molecule is COc1c(Nc2cc(Nc3cnc(C(C)(C)OC)c(C)n3)nc3nc(C)[nH]c23)cccc1-c1nnn(C)n1. The van der Waals surface area contributed by atoms with Crippen molar-refractivity contribution in [2.45, 2.75) is 33.3 Å². The average Bonchev–Trinajstić information content (AvgIpc) is 3.48. The highest BCUT2D eigenvalue weighted by Crippen LogP contribution is 2.38. The van der Waals surface area contributed by atoms with Crippen LogP contribution in [0.1, 0.15) is 31.1 Å². The molecule has 0 aliphatic rings. The second-order valence-electron chi connectivity index (χ2n) is 9.22. The van der Waals surface area contributed by atoms with Gasteiger partial charge in [-0.3, -0.25) is 4.98 Å². The Labute approximate surface area is 219 Å². The Kier molecular flexibility index (Phi) is 6.36. The summed E-state index contributed by atoms with van der Waals surface area (Å²) in [5.41, 5.74) is 4.43. The first-order valence-corrected chi connectivity index (χ1v) is 11.9. The summed E-state index contributed by atoms with van der Waals surface area (Å²) in [6, 6.07) is 7.56. The van der Waals surface area contributed by atoms with Crippen LogP contribution >= 0.6 is 0 Å². The van der Waals surface area contributed by atoms with Gasteiger partial charge in [0.15, 0.2) is 11.4 Å². The summed E-state index contributed by atoms with van der Waals surface area (Å²) < 4.78 is 11.3. The minimum Gasteiger partial charge on any atom is -0.494 e. The molecule has 0 spiro atoms. The summed E-state index contributed by atoms with van der Waals surface area (Å²) in [5, 5.41) is 19.1. The fourth-order valence-electron chi connectivity index (χ4n) is 4.20. The van der Waals surface area contributed by atoms with E-state index in [1.54, 1.807) is 27.5 Å². The zero-order valence-corrected chi connectivity index (χ0v) is 22.3. The molecule has 0 saturated heterocycles. The molecule has 0 unspecified atom stereocenters. The fraction of sp³-hybridized carbons (Fsp3) is 0.320. The minimum absolute atomic E-state index is 0.460. The Morgan fingerprint density at radius 3 is 2.50 bits per heavy atom. The van der Waals surface area contributed by atoms with Crippen molar-refractivity contribution < 1.29 is 9.47 Å². The lowest BCUT2D eigenvalue weighted by atomic mass is 10.0. The molecule has 5 aromatic rings. The van der Waals surface area contributed by atoms with Crippen LogP contribution in [0.5, 0.6) is 5.75 Å². The van der Waals surface area contributed by atoms with Gasteiger partial charge in [0.2, 0.25) is 5.82 Å². The molecule has 0 fully saturated rings. The molecule has 1 aromatic carbocycles. The van der Waals surface area contributed by atoms with Crippen molar-refractivity contribution in [1.29, 1.82) is 0 Å². The first-order valence-electron chi connectivity index (χ1n) is 11.9. The lowest BCUT2D eigenvalue weighted by Crippen LogP contribution is -2.23. The number of H-pyrrole nitrogens is 1. The van der Waals surface area contributed by atoms with Crippen LogP contribution in [0, 0.1) is 13.8 Å². The van der Waals surface area contributed by atoms with Crippen LogP contribution in [0.15, 0.2) is 30.5 Å². The van der Waals surface area contributed by atoms with E-state index in [1.165, 1.54) is 4.80 Å². The van der Waals surface area contributed by atoms with Gasteiger partial charge in [0.25, 0.3) is 0 Å². The van der Waals surface area contributed by atoms with E-state index >= 15 is 0 Å². The predicted molar refractivity (Wildman–Crippen MR) is 143 cm³/mol. The number of rotatable bonds is 8. The largest absolute Gasteiger partial charge is 0.494 e. The van der Waals surface area contributed by atoms with Gasteiger partial charge in [0.1, 0.15) is 28.6 Å². The molecule has 0 bridgehead atoms. The Morgan fingerprint density at radius 1 is 1.00 bits per heavy atom. The number of benzene rings is 1. The average molecular weight is 516 g/mol. The number of methoxy groups -OCH3 is 2. The molecule has 3 N–H and O–H groups in total. The third kappa shape index (κ3) is 4.70. The molecule has 5 rings (SSSR count). The van der Waals surface area contributed by atoms with Crippen molar-refractivity contribution in [1.82, 2.24) is 45.1 Å². The maximum absolute atomic E-state index is 5.75. The van der Waals surface area contributed by atoms with Gasteiger partial charge in [0.05, 0.1) is 48.7 Å². The summed E-state index contributed by atoms with van der Waals surface area (Å²) in [7, 11) is 4.97. The number of aryl methyl sites for hydroxylation is 3. The smallest absolute Gasteiger partial charge is 0.208 e. The van der Waals surface area contributed by atoms with E-state index in [1.807, 2.05) is 52.0 Å². The van der Waals surface area contributed by atoms with Crippen LogP contribution in [0.3, 0.4) is 0 Å². The summed E-state index contributed by atoms with van der Waals surface area (Å²) in [6.45, 7) is 7.69. The van der Waals surface area contributed by atoms with Gasteiger partial charge in [-0.1, -0.05) is 6.07 Å². The quantitative estimate of drug-likeness (QED) is 0.275. The van der Waals surface area contributed by atoms with Crippen molar-refractivity contribution >= 4 is 34.2 Å². The molecule has 0 saturated carbocycles. The van der Waals surface area contributed by atoms with Crippen molar-refractivity contribution in [2.24, 2.45) is 7.05 Å². The molecule has 4 aromatic heterocycles. The highest BCUT2D eigenvalue weighted by molar-refractivity contribution is 5.92. The van der Waals surface area contributed by atoms with Crippen molar-refractivity contribution in [3.63, 3.8) is 0 Å². The number of ether oxygens (including phenoxy) is 2. The van der Waals surface area contributed by atoms with E-state index < -0.39 is 5.60 Å². The van der Waals surface area contributed by atoms with Gasteiger partial charge in [-0.15, -0.1) is 10.2 Å². The van der Waals surface area contributed by atoms with Gasteiger partial charge in [-0.05, 0) is 45.0 Å². The summed E-state index contributed by atoms with van der Waals surface area (Å²) in [6.07, 6.45) is 1.66. The number of aromatic amines is 1. The zero-order chi connectivity index (χ0) is 27.0. The molecular weight excluding hydrogens is 486 g/mol. The summed E-state index contributed by atoms with van der Waals surface area (Å²) in [4.78, 5) is 23.2. The van der Waals surface area contributed by atoms with Crippen LogP contribution in [0.2, 0.25) is 0 Å². The van der Waals surface area contributed by atoms with Gasteiger partial charge in [0, 0.05) is 13.2 Å². The van der Waals surface area contributed by atoms with Crippen LogP contribution < -0.4 is 15.4 Å². The Bertz CT molecular complexity index is 1620. The van der Waals surface area contributed by atoms with Crippen molar-refractivity contribution in [3.05, 3.63) is 47.7 Å². The highest BCUT2D eigenvalue weighted by Gasteiger charge is 2.24. The Hall–Kier alpha value is -4.65. The molecule has 196 valence electrons. The Morgan fingerprint density at radius 2 is 1.82 bits per heavy atom. The van der Waals surface area contributed by atoms with E-state index in [9.17, 15) is 0 Å². The molecule has 0 aliphatic carbocycles.